The van der Waals surface area contributed by atoms with Crippen LogP contribution in [-0.2, 0) is 4.79 Å². The number of anilines is 1. The van der Waals surface area contributed by atoms with E-state index in [0.29, 0.717) is 11.7 Å². The minimum absolute atomic E-state index is 0.247. The molecule has 0 aliphatic carbocycles. The Bertz CT molecular complexity index is 403. The average Bonchev–Trinajstić information content (AvgIpc) is 2.75. The van der Waals surface area contributed by atoms with Gasteiger partial charge in [-0.15, -0.1) is 11.3 Å². The molecule has 3 amide bonds. The van der Waals surface area contributed by atoms with Gasteiger partial charge < -0.3 is 16.0 Å². The van der Waals surface area contributed by atoms with Gasteiger partial charge in [0.15, 0.2) is 5.13 Å². The van der Waals surface area contributed by atoms with Crippen LogP contribution >= 0.6 is 11.3 Å². The summed E-state index contributed by atoms with van der Waals surface area (Å²) < 4.78 is 0. The van der Waals surface area contributed by atoms with E-state index in [1.165, 1.54) is 11.3 Å². The van der Waals surface area contributed by atoms with Gasteiger partial charge in [0.1, 0.15) is 6.04 Å². The van der Waals surface area contributed by atoms with Crippen molar-refractivity contribution in [1.82, 2.24) is 15.6 Å². The summed E-state index contributed by atoms with van der Waals surface area (Å²) in [6.45, 7) is 2.17. The number of urea groups is 1. The van der Waals surface area contributed by atoms with Crippen LogP contribution in [0.15, 0.2) is 5.38 Å². The normalized spacial score (nSPS) is 19.5. The highest BCUT2D eigenvalue weighted by atomic mass is 32.1. The lowest BCUT2D eigenvalue weighted by Crippen LogP contribution is -2.38. The first-order valence-electron chi connectivity index (χ1n) is 4.42. The summed E-state index contributed by atoms with van der Waals surface area (Å²) in [6, 6.07) is -0.827. The molecule has 0 bridgehead atoms. The molecule has 0 saturated carbocycles. The molecule has 1 aromatic heterocycles. The molecule has 0 unspecified atom stereocenters. The predicted molar refractivity (Wildman–Crippen MR) is 55.8 cm³/mol. The van der Waals surface area contributed by atoms with Gasteiger partial charge in [0, 0.05) is 11.9 Å². The van der Waals surface area contributed by atoms with E-state index < -0.39 is 6.04 Å². The molecular weight excluding hydrogens is 216 g/mol. The van der Waals surface area contributed by atoms with Crippen molar-refractivity contribution >= 4 is 28.4 Å². The monoisotopic (exact) mass is 226 g/mol. The van der Waals surface area contributed by atoms with E-state index in [1.807, 2.05) is 12.3 Å². The van der Waals surface area contributed by atoms with Crippen molar-refractivity contribution in [3.05, 3.63) is 11.1 Å². The lowest BCUT2D eigenvalue weighted by molar-refractivity contribution is -0.117. The number of aryl methyl sites for hydroxylation is 1. The molecule has 7 heteroatoms. The van der Waals surface area contributed by atoms with Crippen LogP contribution in [0.1, 0.15) is 5.69 Å². The Morgan fingerprint density at radius 2 is 2.53 bits per heavy atom. The molecule has 2 heterocycles. The molecule has 1 saturated heterocycles. The summed E-state index contributed by atoms with van der Waals surface area (Å²) in [5, 5.41) is 10.1. The summed E-state index contributed by atoms with van der Waals surface area (Å²) in [6.07, 6.45) is 0. The van der Waals surface area contributed by atoms with Crippen LogP contribution in [0.25, 0.3) is 0 Å². The maximum Gasteiger partial charge on any atom is 0.315 e. The summed E-state index contributed by atoms with van der Waals surface area (Å²) in [7, 11) is 0. The van der Waals surface area contributed by atoms with Crippen molar-refractivity contribution in [3.63, 3.8) is 0 Å². The molecule has 0 spiro atoms. The van der Waals surface area contributed by atoms with Gasteiger partial charge in [-0.2, -0.15) is 0 Å². The smallest absolute Gasteiger partial charge is 0.315 e. The Morgan fingerprint density at radius 1 is 1.73 bits per heavy atom. The van der Waals surface area contributed by atoms with Gasteiger partial charge in [-0.25, -0.2) is 9.78 Å². The molecule has 1 fully saturated rings. The third-order valence-corrected chi connectivity index (χ3v) is 2.81. The fourth-order valence-corrected chi connectivity index (χ4v) is 1.91. The van der Waals surface area contributed by atoms with Gasteiger partial charge in [0.2, 0.25) is 0 Å². The molecule has 1 aliphatic heterocycles. The highest BCUT2D eigenvalue weighted by molar-refractivity contribution is 7.13. The summed E-state index contributed by atoms with van der Waals surface area (Å²) in [5.74, 6) is -0.247. The van der Waals surface area contributed by atoms with Gasteiger partial charge in [-0.05, 0) is 6.92 Å². The van der Waals surface area contributed by atoms with E-state index in [4.69, 9.17) is 0 Å². The SMILES string of the molecule is Cc1csc(NC(=O)[C@H]2CNC(=O)N2)n1. The molecule has 2 rings (SSSR count). The predicted octanol–water partition coefficient (Wildman–Crippen LogP) is 0.0714. The number of amides is 3. The van der Waals surface area contributed by atoms with E-state index in [1.54, 1.807) is 0 Å². The number of rotatable bonds is 2. The molecule has 1 atom stereocenters. The maximum atomic E-state index is 11.6. The van der Waals surface area contributed by atoms with Crippen molar-refractivity contribution in [2.75, 3.05) is 11.9 Å². The van der Waals surface area contributed by atoms with Gasteiger partial charge in [-0.3, -0.25) is 4.79 Å². The Balaban J connectivity index is 1.95. The first-order chi connectivity index (χ1) is 7.15. The summed E-state index contributed by atoms with van der Waals surface area (Å²) >= 11 is 1.36. The number of thiazole rings is 1. The zero-order chi connectivity index (χ0) is 10.8. The minimum Gasteiger partial charge on any atom is -0.336 e. The van der Waals surface area contributed by atoms with Crippen LogP contribution in [0.4, 0.5) is 9.93 Å². The first kappa shape index (κ1) is 9.91. The number of nitrogens with zero attached hydrogens (tertiary/aromatic N) is 1. The van der Waals surface area contributed by atoms with Crippen LogP contribution in [0.2, 0.25) is 0 Å². The molecule has 15 heavy (non-hydrogen) atoms. The third-order valence-electron chi connectivity index (χ3n) is 1.94. The van der Waals surface area contributed by atoms with E-state index in [0.717, 1.165) is 5.69 Å². The van der Waals surface area contributed by atoms with Crippen molar-refractivity contribution in [2.24, 2.45) is 0 Å². The lowest BCUT2D eigenvalue weighted by Gasteiger charge is -2.06. The van der Waals surface area contributed by atoms with Crippen LogP contribution in [0.5, 0.6) is 0 Å². The second-order valence-electron chi connectivity index (χ2n) is 3.19. The Morgan fingerprint density at radius 3 is 3.07 bits per heavy atom. The van der Waals surface area contributed by atoms with Gasteiger partial charge >= 0.3 is 6.03 Å². The molecule has 6 nitrogen and oxygen atoms in total. The van der Waals surface area contributed by atoms with Crippen LogP contribution in [0, 0.1) is 6.92 Å². The highest BCUT2D eigenvalue weighted by Gasteiger charge is 2.27. The second kappa shape index (κ2) is 3.85. The maximum absolute atomic E-state index is 11.6. The number of aromatic nitrogens is 1. The molecule has 1 aliphatic rings. The number of nitrogens with one attached hydrogen (secondary N) is 3. The van der Waals surface area contributed by atoms with E-state index in [2.05, 4.69) is 20.9 Å². The number of carbonyl (C=O) groups is 2. The van der Waals surface area contributed by atoms with E-state index in [9.17, 15) is 9.59 Å². The van der Waals surface area contributed by atoms with Crippen LogP contribution in [0.3, 0.4) is 0 Å². The lowest BCUT2D eigenvalue weighted by atomic mass is 10.3. The fraction of sp³-hybridized carbons (Fsp3) is 0.375. The molecule has 0 radical (unpaired) electrons. The van der Waals surface area contributed by atoms with Crippen molar-refractivity contribution < 1.29 is 9.59 Å². The third kappa shape index (κ3) is 2.24. The molecular formula is C8H10N4O2S. The largest absolute Gasteiger partial charge is 0.336 e. The molecule has 1 aromatic rings. The van der Waals surface area contributed by atoms with Crippen molar-refractivity contribution in [3.8, 4) is 0 Å². The highest BCUT2D eigenvalue weighted by Crippen LogP contribution is 2.14. The number of hydrogen-bond donors (Lipinski definition) is 3. The van der Waals surface area contributed by atoms with Gasteiger partial charge in [-0.1, -0.05) is 0 Å². The van der Waals surface area contributed by atoms with Crippen molar-refractivity contribution in [2.45, 2.75) is 13.0 Å². The molecule has 0 aromatic carbocycles. The second-order valence-corrected chi connectivity index (χ2v) is 4.05. The average molecular weight is 226 g/mol. The zero-order valence-electron chi connectivity index (χ0n) is 8.03. The number of hydrogen-bond acceptors (Lipinski definition) is 4. The summed E-state index contributed by atoms with van der Waals surface area (Å²) in [4.78, 5) is 26.5. The fourth-order valence-electron chi connectivity index (χ4n) is 1.22. The van der Waals surface area contributed by atoms with Gasteiger partial charge in [0.05, 0.1) is 5.69 Å². The summed E-state index contributed by atoms with van der Waals surface area (Å²) in [5.41, 5.74) is 0.865. The molecule has 3 N–H and O–H groups in total. The Labute approximate surface area is 90.1 Å². The van der Waals surface area contributed by atoms with Gasteiger partial charge in [0.25, 0.3) is 5.91 Å². The topological polar surface area (TPSA) is 83.1 Å². The number of carbonyl (C=O) groups excluding carboxylic acids is 2. The minimum atomic E-state index is -0.512. The van der Waals surface area contributed by atoms with Crippen LogP contribution < -0.4 is 16.0 Å². The standard InChI is InChI=1S/C8H10N4O2S/c1-4-3-15-8(10-4)12-6(13)5-2-9-7(14)11-5/h3,5H,2H2,1H3,(H2,9,11,14)(H,10,12,13)/t5-/m1/s1. The Hall–Kier alpha value is -1.63. The molecule has 80 valence electrons. The zero-order valence-corrected chi connectivity index (χ0v) is 8.85. The first-order valence-corrected chi connectivity index (χ1v) is 5.30. The van der Waals surface area contributed by atoms with E-state index in [-0.39, 0.29) is 11.9 Å². The quantitative estimate of drug-likeness (QED) is 0.667. The van der Waals surface area contributed by atoms with Crippen molar-refractivity contribution in [1.29, 1.82) is 0 Å². The Kier molecular flexibility index (Phi) is 2.55. The van der Waals surface area contributed by atoms with E-state index >= 15 is 0 Å². The van der Waals surface area contributed by atoms with Crippen LogP contribution in [-0.4, -0.2) is 29.5 Å².